The van der Waals surface area contributed by atoms with Crippen LogP contribution in [0.2, 0.25) is 0 Å². The number of benzene rings is 1. The van der Waals surface area contributed by atoms with E-state index < -0.39 is 11.7 Å². The molecule has 4 nitrogen and oxygen atoms in total. The molecule has 1 aliphatic rings. The Morgan fingerprint density at radius 3 is 2.42 bits per heavy atom. The van der Waals surface area contributed by atoms with Gasteiger partial charge in [-0.1, -0.05) is 12.1 Å². The lowest BCUT2D eigenvalue weighted by atomic mass is 10.1. The highest BCUT2D eigenvalue weighted by molar-refractivity contribution is 5.92. The molecule has 0 spiro atoms. The Kier molecular flexibility index (Phi) is 4.42. The predicted molar refractivity (Wildman–Crippen MR) is 84.1 cm³/mol. The standard InChI is InChI=1S/C17H16F3N3O/c18-17(19,20)13-5-1-2-6-14(13)22-12-7-8-15(21-11-12)16(24)23-9-3-4-10-23/h1-2,5-8,11,22H,3-4,9-10H2. The van der Waals surface area contributed by atoms with E-state index in [0.29, 0.717) is 11.4 Å². The van der Waals surface area contributed by atoms with Crippen LogP contribution in [0.1, 0.15) is 28.9 Å². The van der Waals surface area contributed by atoms with Crippen molar-refractivity contribution in [3.63, 3.8) is 0 Å². The number of carbonyl (C=O) groups excluding carboxylic acids is 1. The van der Waals surface area contributed by atoms with Crippen molar-refractivity contribution in [1.29, 1.82) is 0 Å². The monoisotopic (exact) mass is 335 g/mol. The number of amides is 1. The average Bonchev–Trinajstić information content (AvgIpc) is 3.09. The molecule has 126 valence electrons. The number of nitrogens with one attached hydrogen (secondary N) is 1. The number of para-hydroxylation sites is 1. The van der Waals surface area contributed by atoms with Crippen molar-refractivity contribution in [1.82, 2.24) is 9.88 Å². The first-order valence-corrected chi connectivity index (χ1v) is 7.64. The zero-order valence-electron chi connectivity index (χ0n) is 12.8. The fourth-order valence-corrected chi connectivity index (χ4v) is 2.67. The van der Waals surface area contributed by atoms with Crippen molar-refractivity contribution in [3.05, 3.63) is 53.9 Å². The number of halogens is 3. The van der Waals surface area contributed by atoms with Gasteiger partial charge in [0.2, 0.25) is 0 Å². The van der Waals surface area contributed by atoms with Crippen LogP contribution in [-0.4, -0.2) is 28.9 Å². The van der Waals surface area contributed by atoms with Gasteiger partial charge in [0.1, 0.15) is 5.69 Å². The van der Waals surface area contributed by atoms with E-state index in [9.17, 15) is 18.0 Å². The number of anilines is 2. The number of likely N-dealkylation sites (tertiary alicyclic amines) is 1. The Balaban J connectivity index is 1.76. The van der Waals surface area contributed by atoms with Crippen LogP contribution in [0.15, 0.2) is 42.6 Å². The van der Waals surface area contributed by atoms with Crippen molar-refractivity contribution in [2.24, 2.45) is 0 Å². The molecule has 1 amide bonds. The number of nitrogens with zero attached hydrogens (tertiary/aromatic N) is 2. The third-order valence-corrected chi connectivity index (χ3v) is 3.89. The molecule has 1 aromatic heterocycles. The highest BCUT2D eigenvalue weighted by Gasteiger charge is 2.33. The molecule has 1 fully saturated rings. The molecule has 0 saturated carbocycles. The van der Waals surface area contributed by atoms with E-state index in [1.807, 2.05) is 0 Å². The first kappa shape index (κ1) is 16.3. The van der Waals surface area contributed by atoms with Gasteiger partial charge in [-0.25, -0.2) is 4.98 Å². The lowest BCUT2D eigenvalue weighted by Gasteiger charge is -2.16. The second-order valence-electron chi connectivity index (χ2n) is 5.60. The summed E-state index contributed by atoms with van der Waals surface area (Å²) in [5.41, 5.74) is -0.108. The predicted octanol–water partition coefficient (Wildman–Crippen LogP) is 4.08. The highest BCUT2D eigenvalue weighted by atomic mass is 19.4. The van der Waals surface area contributed by atoms with Crippen LogP contribution in [0, 0.1) is 0 Å². The van der Waals surface area contributed by atoms with E-state index in [4.69, 9.17) is 0 Å². The molecule has 2 aromatic rings. The molecule has 3 rings (SSSR count). The SMILES string of the molecule is O=C(c1ccc(Nc2ccccc2C(F)(F)F)cn1)N1CCCC1. The number of hydrogen-bond donors (Lipinski definition) is 1. The minimum absolute atomic E-state index is 0.0505. The number of hydrogen-bond acceptors (Lipinski definition) is 3. The Morgan fingerprint density at radius 2 is 1.79 bits per heavy atom. The van der Waals surface area contributed by atoms with E-state index in [0.717, 1.165) is 32.0 Å². The van der Waals surface area contributed by atoms with Crippen LogP contribution >= 0.6 is 0 Å². The van der Waals surface area contributed by atoms with Crippen LogP contribution in [0.3, 0.4) is 0 Å². The molecular weight excluding hydrogens is 319 g/mol. The van der Waals surface area contributed by atoms with Gasteiger partial charge in [-0.2, -0.15) is 13.2 Å². The second-order valence-corrected chi connectivity index (χ2v) is 5.60. The molecule has 1 saturated heterocycles. The number of carbonyl (C=O) groups is 1. The molecule has 1 N–H and O–H groups in total. The Hall–Kier alpha value is -2.57. The van der Waals surface area contributed by atoms with Crippen molar-refractivity contribution in [3.8, 4) is 0 Å². The smallest absolute Gasteiger partial charge is 0.354 e. The topological polar surface area (TPSA) is 45.2 Å². The summed E-state index contributed by atoms with van der Waals surface area (Å²) >= 11 is 0. The summed E-state index contributed by atoms with van der Waals surface area (Å²) in [4.78, 5) is 18.0. The summed E-state index contributed by atoms with van der Waals surface area (Å²) < 4.78 is 39.0. The third-order valence-electron chi connectivity index (χ3n) is 3.89. The van der Waals surface area contributed by atoms with E-state index in [1.54, 1.807) is 11.0 Å². The maximum absolute atomic E-state index is 13.0. The minimum atomic E-state index is -4.44. The van der Waals surface area contributed by atoms with Crippen LogP contribution < -0.4 is 5.32 Å². The molecule has 0 aliphatic carbocycles. The molecular formula is C17H16F3N3O. The number of aromatic nitrogens is 1. The summed E-state index contributed by atoms with van der Waals surface area (Å²) in [7, 11) is 0. The molecule has 0 unspecified atom stereocenters. The molecule has 0 radical (unpaired) electrons. The van der Waals surface area contributed by atoms with Crippen molar-refractivity contribution in [2.45, 2.75) is 19.0 Å². The Bertz CT molecular complexity index is 723. The summed E-state index contributed by atoms with van der Waals surface area (Å²) in [6.45, 7) is 1.44. The molecule has 7 heteroatoms. The van der Waals surface area contributed by atoms with Crippen molar-refractivity contribution in [2.75, 3.05) is 18.4 Å². The summed E-state index contributed by atoms with van der Waals surface area (Å²) in [6, 6.07) is 8.32. The van der Waals surface area contributed by atoms with Crippen LogP contribution in [0.25, 0.3) is 0 Å². The third kappa shape index (κ3) is 3.50. The molecule has 1 aliphatic heterocycles. The maximum Gasteiger partial charge on any atom is 0.418 e. The maximum atomic E-state index is 13.0. The van der Waals surface area contributed by atoms with Crippen LogP contribution in [-0.2, 0) is 6.18 Å². The summed E-state index contributed by atoms with van der Waals surface area (Å²) in [5.74, 6) is -0.144. The molecule has 1 aromatic carbocycles. The Morgan fingerprint density at radius 1 is 1.08 bits per heavy atom. The molecule has 24 heavy (non-hydrogen) atoms. The van der Waals surface area contributed by atoms with Gasteiger partial charge < -0.3 is 10.2 Å². The van der Waals surface area contributed by atoms with Gasteiger partial charge in [-0.3, -0.25) is 4.79 Å². The Labute approximate surface area is 137 Å². The van der Waals surface area contributed by atoms with E-state index in [-0.39, 0.29) is 11.6 Å². The van der Waals surface area contributed by atoms with Crippen LogP contribution in [0.4, 0.5) is 24.5 Å². The first-order chi connectivity index (χ1) is 11.4. The van der Waals surface area contributed by atoms with Gasteiger partial charge in [-0.15, -0.1) is 0 Å². The quantitative estimate of drug-likeness (QED) is 0.919. The number of pyridine rings is 1. The van der Waals surface area contributed by atoms with Crippen LogP contribution in [0.5, 0.6) is 0 Å². The summed E-state index contributed by atoms with van der Waals surface area (Å²) in [6.07, 6.45) is -1.10. The minimum Gasteiger partial charge on any atom is -0.354 e. The number of rotatable bonds is 3. The van der Waals surface area contributed by atoms with Gasteiger partial charge in [0.25, 0.3) is 5.91 Å². The zero-order chi connectivity index (χ0) is 17.2. The fourth-order valence-electron chi connectivity index (χ4n) is 2.67. The highest BCUT2D eigenvalue weighted by Crippen LogP contribution is 2.35. The molecule has 2 heterocycles. The lowest BCUT2D eigenvalue weighted by Crippen LogP contribution is -2.28. The zero-order valence-corrected chi connectivity index (χ0v) is 12.8. The van der Waals surface area contributed by atoms with Gasteiger partial charge in [-0.05, 0) is 37.1 Å². The van der Waals surface area contributed by atoms with E-state index in [2.05, 4.69) is 10.3 Å². The van der Waals surface area contributed by atoms with E-state index in [1.165, 1.54) is 30.5 Å². The second kappa shape index (κ2) is 6.51. The average molecular weight is 335 g/mol. The van der Waals surface area contributed by atoms with Gasteiger partial charge in [0.15, 0.2) is 0 Å². The fraction of sp³-hybridized carbons (Fsp3) is 0.294. The summed E-state index contributed by atoms with van der Waals surface area (Å²) in [5, 5.41) is 2.71. The first-order valence-electron chi connectivity index (χ1n) is 7.64. The van der Waals surface area contributed by atoms with Crippen molar-refractivity contribution >= 4 is 17.3 Å². The van der Waals surface area contributed by atoms with Gasteiger partial charge in [0, 0.05) is 13.1 Å². The normalized spacial score (nSPS) is 14.7. The largest absolute Gasteiger partial charge is 0.418 e. The van der Waals surface area contributed by atoms with Gasteiger partial charge in [0.05, 0.1) is 23.1 Å². The van der Waals surface area contributed by atoms with E-state index >= 15 is 0 Å². The molecule has 0 bridgehead atoms. The lowest BCUT2D eigenvalue weighted by molar-refractivity contribution is -0.136. The number of alkyl halides is 3. The van der Waals surface area contributed by atoms with Crippen molar-refractivity contribution < 1.29 is 18.0 Å². The van der Waals surface area contributed by atoms with Gasteiger partial charge >= 0.3 is 6.18 Å². The molecule has 0 atom stereocenters.